The molecule has 1 aromatic rings. The molecule has 0 spiro atoms. The summed E-state index contributed by atoms with van der Waals surface area (Å²) in [5.41, 5.74) is 6.14. The number of hydrogen-bond donors (Lipinski definition) is 1. The van der Waals surface area contributed by atoms with E-state index in [9.17, 15) is 0 Å². The molecule has 1 fully saturated rings. The minimum atomic E-state index is 0.0187. The molecule has 0 saturated carbocycles. The van der Waals surface area contributed by atoms with E-state index < -0.39 is 0 Å². The van der Waals surface area contributed by atoms with Gasteiger partial charge >= 0.3 is 0 Å². The fraction of sp³-hybridized carbons (Fsp3) is 0.500. The number of likely N-dealkylation sites (tertiary alicyclic amines) is 1. The number of rotatable bonds is 4. The summed E-state index contributed by atoms with van der Waals surface area (Å²) in [5.74, 6) is 2.38. The highest BCUT2D eigenvalue weighted by Gasteiger charge is 2.27. The average molecular weight is 420 g/mol. The molecule has 0 aliphatic carbocycles. The SMILES string of the molecule is NC1C=CC=CN1CC1CCN(CC2COc3ccc(Br)cc3O2)CC1. The molecule has 140 valence electrons. The quantitative estimate of drug-likeness (QED) is 0.812. The lowest BCUT2D eigenvalue weighted by Gasteiger charge is -2.38. The maximum Gasteiger partial charge on any atom is 0.162 e. The second-order valence-corrected chi connectivity index (χ2v) is 8.22. The number of nitrogens with zero attached hydrogens (tertiary/aromatic N) is 2. The maximum atomic E-state index is 6.14. The summed E-state index contributed by atoms with van der Waals surface area (Å²) in [6.07, 6.45) is 10.8. The van der Waals surface area contributed by atoms with E-state index in [1.54, 1.807) is 0 Å². The number of ether oxygens (including phenoxy) is 2. The standard InChI is InChI=1S/C20H26BrN3O2/c21-16-4-5-18-19(11-16)26-17(14-25-18)13-23-9-6-15(7-10-23)12-24-8-2-1-3-20(24)22/h1-5,8,11,15,17,20H,6-7,9-10,12-14,22H2. The zero-order valence-corrected chi connectivity index (χ0v) is 16.5. The van der Waals surface area contributed by atoms with Gasteiger partial charge in [0, 0.05) is 23.8 Å². The number of benzene rings is 1. The predicted octanol–water partition coefficient (Wildman–Crippen LogP) is 2.97. The Morgan fingerprint density at radius 1 is 1.12 bits per heavy atom. The van der Waals surface area contributed by atoms with Gasteiger partial charge < -0.3 is 20.1 Å². The zero-order chi connectivity index (χ0) is 17.9. The smallest absolute Gasteiger partial charge is 0.162 e. The predicted molar refractivity (Wildman–Crippen MR) is 106 cm³/mol. The van der Waals surface area contributed by atoms with Gasteiger partial charge in [-0.05, 0) is 62.2 Å². The van der Waals surface area contributed by atoms with Crippen molar-refractivity contribution in [3.05, 3.63) is 47.1 Å². The van der Waals surface area contributed by atoms with Crippen molar-refractivity contribution >= 4 is 15.9 Å². The zero-order valence-electron chi connectivity index (χ0n) is 14.9. The van der Waals surface area contributed by atoms with Crippen molar-refractivity contribution in [2.45, 2.75) is 25.1 Å². The molecule has 1 aromatic carbocycles. The Bertz CT molecular complexity index is 686. The van der Waals surface area contributed by atoms with Gasteiger partial charge in [-0.2, -0.15) is 0 Å². The van der Waals surface area contributed by atoms with Gasteiger partial charge in [0.25, 0.3) is 0 Å². The molecule has 5 nitrogen and oxygen atoms in total. The largest absolute Gasteiger partial charge is 0.486 e. The summed E-state index contributed by atoms with van der Waals surface area (Å²) in [6.45, 7) is 4.80. The second-order valence-electron chi connectivity index (χ2n) is 7.30. The lowest BCUT2D eigenvalue weighted by atomic mass is 9.95. The monoisotopic (exact) mass is 419 g/mol. The third kappa shape index (κ3) is 4.24. The van der Waals surface area contributed by atoms with Crippen LogP contribution in [0, 0.1) is 5.92 Å². The fourth-order valence-electron chi connectivity index (χ4n) is 3.85. The van der Waals surface area contributed by atoms with Crippen LogP contribution in [0.1, 0.15) is 12.8 Å². The molecule has 2 N–H and O–H groups in total. The summed E-state index contributed by atoms with van der Waals surface area (Å²) >= 11 is 3.49. The van der Waals surface area contributed by atoms with Crippen LogP contribution < -0.4 is 15.2 Å². The molecule has 1 saturated heterocycles. The number of piperidine rings is 1. The summed E-state index contributed by atoms with van der Waals surface area (Å²) in [5, 5.41) is 0. The first-order chi connectivity index (χ1) is 12.7. The van der Waals surface area contributed by atoms with Crippen molar-refractivity contribution < 1.29 is 9.47 Å². The highest BCUT2D eigenvalue weighted by atomic mass is 79.9. The van der Waals surface area contributed by atoms with E-state index in [4.69, 9.17) is 15.2 Å². The highest BCUT2D eigenvalue weighted by Crippen LogP contribution is 2.34. The molecule has 6 heteroatoms. The van der Waals surface area contributed by atoms with Crippen LogP contribution in [0.2, 0.25) is 0 Å². The Kier molecular flexibility index (Phi) is 5.52. The van der Waals surface area contributed by atoms with Crippen LogP contribution >= 0.6 is 15.9 Å². The molecular weight excluding hydrogens is 394 g/mol. The molecule has 3 aliphatic rings. The number of allylic oxidation sites excluding steroid dienone is 2. The number of hydrogen-bond acceptors (Lipinski definition) is 5. The first-order valence-electron chi connectivity index (χ1n) is 9.35. The molecule has 26 heavy (non-hydrogen) atoms. The summed E-state index contributed by atoms with van der Waals surface area (Å²) in [6, 6.07) is 5.92. The minimum absolute atomic E-state index is 0.0187. The van der Waals surface area contributed by atoms with Crippen LogP contribution in [-0.4, -0.2) is 54.9 Å². The van der Waals surface area contributed by atoms with Crippen molar-refractivity contribution in [3.63, 3.8) is 0 Å². The molecule has 0 amide bonds. The molecule has 3 heterocycles. The van der Waals surface area contributed by atoms with E-state index in [1.807, 2.05) is 30.4 Å². The lowest BCUT2D eigenvalue weighted by Crippen LogP contribution is -2.46. The molecular formula is C20H26BrN3O2. The highest BCUT2D eigenvalue weighted by molar-refractivity contribution is 9.10. The average Bonchev–Trinajstić information content (AvgIpc) is 2.65. The third-order valence-corrected chi connectivity index (χ3v) is 5.84. The van der Waals surface area contributed by atoms with Gasteiger partial charge in [0.1, 0.15) is 12.7 Å². The van der Waals surface area contributed by atoms with Crippen LogP contribution in [0.3, 0.4) is 0 Å². The van der Waals surface area contributed by atoms with Crippen molar-refractivity contribution in [3.8, 4) is 11.5 Å². The van der Waals surface area contributed by atoms with E-state index in [0.717, 1.165) is 42.2 Å². The minimum Gasteiger partial charge on any atom is -0.486 e. The maximum absolute atomic E-state index is 6.14. The van der Waals surface area contributed by atoms with Crippen molar-refractivity contribution in [1.82, 2.24) is 9.80 Å². The summed E-state index contributed by atoms with van der Waals surface area (Å²) in [7, 11) is 0. The third-order valence-electron chi connectivity index (χ3n) is 5.34. The van der Waals surface area contributed by atoms with E-state index in [1.165, 1.54) is 12.8 Å². The Morgan fingerprint density at radius 2 is 1.96 bits per heavy atom. The molecule has 3 aliphatic heterocycles. The van der Waals surface area contributed by atoms with Gasteiger partial charge in [-0.25, -0.2) is 0 Å². The Balaban J connectivity index is 1.24. The molecule has 0 radical (unpaired) electrons. The Morgan fingerprint density at radius 3 is 2.77 bits per heavy atom. The first kappa shape index (κ1) is 17.9. The van der Waals surface area contributed by atoms with Gasteiger partial charge in [0.05, 0.1) is 6.17 Å². The van der Waals surface area contributed by atoms with E-state index in [-0.39, 0.29) is 12.3 Å². The topological polar surface area (TPSA) is 51.0 Å². The van der Waals surface area contributed by atoms with Gasteiger partial charge in [-0.3, -0.25) is 4.90 Å². The van der Waals surface area contributed by atoms with E-state index in [0.29, 0.717) is 12.5 Å². The van der Waals surface area contributed by atoms with Crippen molar-refractivity contribution in [2.75, 3.05) is 32.8 Å². The van der Waals surface area contributed by atoms with Gasteiger partial charge in [0.2, 0.25) is 0 Å². The van der Waals surface area contributed by atoms with Crippen LogP contribution in [0.25, 0.3) is 0 Å². The van der Waals surface area contributed by atoms with Crippen molar-refractivity contribution in [2.24, 2.45) is 11.7 Å². The van der Waals surface area contributed by atoms with Crippen molar-refractivity contribution in [1.29, 1.82) is 0 Å². The van der Waals surface area contributed by atoms with Gasteiger partial charge in [-0.1, -0.05) is 22.0 Å². The number of halogens is 1. The molecule has 0 aromatic heterocycles. The van der Waals surface area contributed by atoms with Crippen LogP contribution in [0.5, 0.6) is 11.5 Å². The van der Waals surface area contributed by atoms with Gasteiger partial charge in [-0.15, -0.1) is 0 Å². The number of fused-ring (bicyclic) bond motifs is 1. The summed E-state index contributed by atoms with van der Waals surface area (Å²) < 4.78 is 13.0. The molecule has 2 atom stereocenters. The second kappa shape index (κ2) is 8.03. The number of nitrogens with two attached hydrogens (primary N) is 1. The molecule has 2 unspecified atom stereocenters. The lowest BCUT2D eigenvalue weighted by molar-refractivity contribution is 0.0454. The van der Waals surface area contributed by atoms with E-state index >= 15 is 0 Å². The Labute approximate surface area is 163 Å². The van der Waals surface area contributed by atoms with Crippen LogP contribution in [0.4, 0.5) is 0 Å². The normalized spacial score (nSPS) is 26.3. The molecule has 0 bridgehead atoms. The van der Waals surface area contributed by atoms with Crippen LogP contribution in [0.15, 0.2) is 47.1 Å². The summed E-state index contributed by atoms with van der Waals surface area (Å²) in [4.78, 5) is 4.74. The first-order valence-corrected chi connectivity index (χ1v) is 10.1. The van der Waals surface area contributed by atoms with E-state index in [2.05, 4.69) is 38.0 Å². The van der Waals surface area contributed by atoms with Crippen LogP contribution in [-0.2, 0) is 0 Å². The molecule has 4 rings (SSSR count). The Hall–Kier alpha value is -1.50. The fourth-order valence-corrected chi connectivity index (χ4v) is 4.19. The van der Waals surface area contributed by atoms with Gasteiger partial charge in [0.15, 0.2) is 11.5 Å².